The minimum atomic E-state index is -0.310. The summed E-state index contributed by atoms with van der Waals surface area (Å²) in [5, 5.41) is 2.95. The molecule has 4 aromatic rings. The molecule has 0 saturated carbocycles. The van der Waals surface area contributed by atoms with Crippen molar-refractivity contribution in [3.63, 3.8) is 0 Å². The number of imidazole rings is 1. The lowest BCUT2D eigenvalue weighted by Crippen LogP contribution is -2.42. The third-order valence-electron chi connectivity index (χ3n) is 6.36. The summed E-state index contributed by atoms with van der Waals surface area (Å²) in [6, 6.07) is 25.2. The first-order valence-electron chi connectivity index (χ1n) is 12.9. The van der Waals surface area contributed by atoms with E-state index >= 15 is 0 Å². The first-order valence-corrected chi connectivity index (χ1v) is 12.9. The summed E-state index contributed by atoms with van der Waals surface area (Å²) < 4.78 is 7.13. The number of anilines is 1. The molecule has 8 heteroatoms. The average Bonchev–Trinajstić information content (AvgIpc) is 3.35. The fourth-order valence-corrected chi connectivity index (χ4v) is 4.10. The Morgan fingerprint density at radius 3 is 2.26 bits per heavy atom. The molecule has 0 saturated heterocycles. The molecule has 2 amide bonds. The number of nitrogens with one attached hydrogen (secondary N) is 1. The fourth-order valence-electron chi connectivity index (χ4n) is 4.10. The van der Waals surface area contributed by atoms with Crippen LogP contribution in [0.1, 0.15) is 11.1 Å². The van der Waals surface area contributed by atoms with Gasteiger partial charge in [-0.1, -0.05) is 48.0 Å². The largest absolute Gasteiger partial charge is 0.497 e. The van der Waals surface area contributed by atoms with Crippen molar-refractivity contribution in [3.05, 3.63) is 96.2 Å². The third kappa shape index (κ3) is 7.55. The van der Waals surface area contributed by atoms with Crippen LogP contribution >= 0.6 is 0 Å². The molecule has 0 bridgehead atoms. The van der Waals surface area contributed by atoms with E-state index in [0.717, 1.165) is 28.1 Å². The Labute approximate surface area is 229 Å². The van der Waals surface area contributed by atoms with Gasteiger partial charge in [0.15, 0.2) is 0 Å². The zero-order valence-corrected chi connectivity index (χ0v) is 22.9. The lowest BCUT2D eigenvalue weighted by atomic mass is 10.1. The van der Waals surface area contributed by atoms with E-state index in [4.69, 9.17) is 9.72 Å². The van der Waals surface area contributed by atoms with Gasteiger partial charge in [0, 0.05) is 30.5 Å². The molecule has 0 spiro atoms. The Balaban J connectivity index is 1.57. The number of nitrogens with zero attached hydrogens (tertiary/aromatic N) is 4. The quantitative estimate of drug-likeness (QED) is 0.314. The highest BCUT2D eigenvalue weighted by Gasteiger charge is 2.20. The van der Waals surface area contributed by atoms with Crippen LogP contribution in [0.3, 0.4) is 0 Å². The van der Waals surface area contributed by atoms with Gasteiger partial charge in [0.1, 0.15) is 5.75 Å². The molecule has 202 valence electrons. The van der Waals surface area contributed by atoms with E-state index in [9.17, 15) is 9.59 Å². The number of aromatic nitrogens is 2. The maximum Gasteiger partial charge on any atom is 0.246 e. The topological polar surface area (TPSA) is 79.7 Å². The Bertz CT molecular complexity index is 1380. The van der Waals surface area contributed by atoms with Crippen LogP contribution in [-0.2, 0) is 16.0 Å². The van der Waals surface area contributed by atoms with Crippen LogP contribution in [0.2, 0.25) is 0 Å². The Morgan fingerprint density at radius 1 is 0.923 bits per heavy atom. The smallest absolute Gasteiger partial charge is 0.246 e. The number of likely N-dealkylation sites (N-methyl/N-ethyl adjacent to an activating group) is 1. The number of hydrogen-bond donors (Lipinski definition) is 1. The molecular weight excluding hydrogens is 490 g/mol. The molecule has 1 N–H and O–H groups in total. The molecule has 3 aromatic carbocycles. The monoisotopic (exact) mass is 525 g/mol. The number of carbonyl (C=O) groups is 2. The van der Waals surface area contributed by atoms with E-state index in [1.54, 1.807) is 12.0 Å². The van der Waals surface area contributed by atoms with E-state index in [1.165, 1.54) is 0 Å². The van der Waals surface area contributed by atoms with Gasteiger partial charge in [-0.2, -0.15) is 0 Å². The summed E-state index contributed by atoms with van der Waals surface area (Å²) in [6.45, 7) is 3.04. The summed E-state index contributed by atoms with van der Waals surface area (Å²) in [4.78, 5) is 34.8. The highest BCUT2D eigenvalue weighted by atomic mass is 16.5. The first-order chi connectivity index (χ1) is 18.8. The Kier molecular flexibility index (Phi) is 9.12. The molecule has 0 aliphatic carbocycles. The lowest BCUT2D eigenvalue weighted by molar-refractivity contribution is -0.134. The summed E-state index contributed by atoms with van der Waals surface area (Å²) in [5.74, 6) is 0.732. The normalized spacial score (nSPS) is 10.9. The van der Waals surface area contributed by atoms with Gasteiger partial charge in [0.05, 0.1) is 25.8 Å². The molecule has 8 nitrogen and oxygen atoms in total. The van der Waals surface area contributed by atoms with Gasteiger partial charge in [-0.05, 0) is 63.0 Å². The SMILES string of the molecule is COc1ccc(-c2cn(-c3ccc(C)cc3)c(NC(=O)CN(CCN(C)C)C(=O)Cc3ccccc3)n2)cc1. The molecule has 0 radical (unpaired) electrons. The maximum absolute atomic E-state index is 13.3. The van der Waals surface area contributed by atoms with Gasteiger partial charge in [-0.3, -0.25) is 19.5 Å². The highest BCUT2D eigenvalue weighted by molar-refractivity contribution is 5.94. The van der Waals surface area contributed by atoms with Crippen molar-refractivity contribution in [2.24, 2.45) is 0 Å². The van der Waals surface area contributed by atoms with Crippen molar-refractivity contribution < 1.29 is 14.3 Å². The Morgan fingerprint density at radius 2 is 1.62 bits per heavy atom. The van der Waals surface area contributed by atoms with Gasteiger partial charge in [-0.25, -0.2) is 4.98 Å². The number of aryl methyl sites for hydroxylation is 1. The minimum absolute atomic E-state index is 0.0713. The Hall–Kier alpha value is -4.43. The number of benzene rings is 3. The van der Waals surface area contributed by atoms with Crippen molar-refractivity contribution in [2.45, 2.75) is 13.3 Å². The van der Waals surface area contributed by atoms with Gasteiger partial charge < -0.3 is 14.5 Å². The summed E-state index contributed by atoms with van der Waals surface area (Å²) in [6.07, 6.45) is 2.13. The third-order valence-corrected chi connectivity index (χ3v) is 6.36. The summed E-state index contributed by atoms with van der Waals surface area (Å²) in [5.41, 5.74) is 4.51. The van der Waals surface area contributed by atoms with Gasteiger partial charge in [-0.15, -0.1) is 0 Å². The molecular formula is C31H35N5O3. The molecule has 0 aliphatic heterocycles. The molecule has 4 rings (SSSR count). The van der Waals surface area contributed by atoms with Crippen molar-refractivity contribution >= 4 is 17.8 Å². The van der Waals surface area contributed by atoms with Crippen LogP contribution in [0, 0.1) is 6.92 Å². The van der Waals surface area contributed by atoms with Crippen LogP contribution in [0.4, 0.5) is 5.95 Å². The van der Waals surface area contributed by atoms with Crippen molar-refractivity contribution in [3.8, 4) is 22.7 Å². The average molecular weight is 526 g/mol. The molecule has 1 heterocycles. The zero-order chi connectivity index (χ0) is 27.8. The molecule has 39 heavy (non-hydrogen) atoms. The van der Waals surface area contributed by atoms with Crippen LogP contribution in [0.5, 0.6) is 5.75 Å². The first kappa shape index (κ1) is 27.6. The zero-order valence-electron chi connectivity index (χ0n) is 22.9. The molecule has 0 aliphatic rings. The van der Waals surface area contributed by atoms with E-state index in [2.05, 4.69) is 5.32 Å². The van der Waals surface area contributed by atoms with E-state index in [1.807, 2.05) is 116 Å². The van der Waals surface area contributed by atoms with Crippen molar-refractivity contribution in [2.75, 3.05) is 46.2 Å². The number of amides is 2. The number of methoxy groups -OCH3 is 1. The minimum Gasteiger partial charge on any atom is -0.497 e. The van der Waals surface area contributed by atoms with Crippen molar-refractivity contribution in [1.82, 2.24) is 19.4 Å². The number of ether oxygens (including phenoxy) is 1. The van der Waals surface area contributed by atoms with Gasteiger partial charge in [0.2, 0.25) is 17.8 Å². The number of carbonyl (C=O) groups excluding carboxylic acids is 2. The second-order valence-corrected chi connectivity index (χ2v) is 9.71. The summed E-state index contributed by atoms with van der Waals surface area (Å²) >= 11 is 0. The molecule has 1 aromatic heterocycles. The van der Waals surface area contributed by atoms with Crippen LogP contribution < -0.4 is 10.1 Å². The lowest BCUT2D eigenvalue weighted by Gasteiger charge is -2.24. The standard InChI is InChI=1S/C31H35N5O3/c1-23-10-14-26(15-11-23)36-21-28(25-12-16-27(39-4)17-13-25)32-31(36)33-29(37)22-35(19-18-34(2)3)30(38)20-24-8-6-5-7-9-24/h5-17,21H,18-20,22H2,1-4H3,(H,32,33,37). The highest BCUT2D eigenvalue weighted by Crippen LogP contribution is 2.26. The van der Waals surface area contributed by atoms with Crippen LogP contribution in [0.25, 0.3) is 16.9 Å². The van der Waals surface area contributed by atoms with Crippen LogP contribution in [-0.4, -0.2) is 72.0 Å². The van der Waals surface area contributed by atoms with Gasteiger partial charge >= 0.3 is 0 Å². The predicted molar refractivity (Wildman–Crippen MR) is 154 cm³/mol. The molecule has 0 fully saturated rings. The van der Waals surface area contributed by atoms with Gasteiger partial charge in [0.25, 0.3) is 0 Å². The fraction of sp³-hybridized carbons (Fsp3) is 0.258. The van der Waals surface area contributed by atoms with E-state index < -0.39 is 0 Å². The number of rotatable bonds is 11. The van der Waals surface area contributed by atoms with Crippen molar-refractivity contribution in [1.29, 1.82) is 0 Å². The second-order valence-electron chi connectivity index (χ2n) is 9.71. The summed E-state index contributed by atoms with van der Waals surface area (Å²) in [7, 11) is 5.51. The molecule has 0 unspecified atom stereocenters. The predicted octanol–water partition coefficient (Wildman–Crippen LogP) is 4.43. The number of hydrogen-bond acceptors (Lipinski definition) is 5. The van der Waals surface area contributed by atoms with E-state index in [0.29, 0.717) is 24.7 Å². The maximum atomic E-state index is 13.3. The molecule has 0 atom stereocenters. The van der Waals surface area contributed by atoms with E-state index in [-0.39, 0.29) is 24.8 Å². The second kappa shape index (κ2) is 12.9. The van der Waals surface area contributed by atoms with Crippen LogP contribution in [0.15, 0.2) is 85.1 Å².